The van der Waals surface area contributed by atoms with Gasteiger partial charge in [0.15, 0.2) is 18.4 Å². The maximum Gasteiger partial charge on any atom is 0.398 e. The standard InChI is InChI=1S/C25H29F3O8/c1-14-17(25(26,27)28)9-10-18(29)22-19(35-24(2,3)36-22)8-6-7-15-11-16(32-5)12-20(33-13-31-4)21(15)23(30)34-14/h6-7,9-12,14,17,19,22H,8,13H2,1-5H3/b7-6?,10-9-/t14?,17?,19-,22+/m0/s1. The summed E-state index contributed by atoms with van der Waals surface area (Å²) in [5.41, 5.74) is 0.171. The minimum Gasteiger partial charge on any atom is -0.497 e. The molecule has 198 valence electrons. The number of carbonyl (C=O) groups excluding carboxylic acids is 2. The Morgan fingerprint density at radius 2 is 1.83 bits per heavy atom. The van der Waals surface area contributed by atoms with Crippen molar-refractivity contribution in [2.24, 2.45) is 5.92 Å². The molecule has 0 bridgehead atoms. The van der Waals surface area contributed by atoms with Crippen molar-refractivity contribution in [2.75, 3.05) is 21.0 Å². The molecule has 1 saturated heterocycles. The number of benzene rings is 1. The molecule has 0 aliphatic carbocycles. The minimum absolute atomic E-state index is 0.00822. The van der Waals surface area contributed by atoms with Crippen LogP contribution in [0.4, 0.5) is 13.2 Å². The number of carbonyl (C=O) groups is 2. The SMILES string of the molecule is COCOc1cc(OC)cc2c1C(=O)OC(C)C(C(F)(F)F)/C=C\C(=O)[C@H]1OC(C)(C)O[C@H]1CC=C2. The van der Waals surface area contributed by atoms with Gasteiger partial charge in [-0.15, -0.1) is 0 Å². The highest BCUT2D eigenvalue weighted by Crippen LogP contribution is 2.36. The van der Waals surface area contributed by atoms with Crippen LogP contribution in [0.3, 0.4) is 0 Å². The second-order valence-corrected chi connectivity index (χ2v) is 8.81. The topological polar surface area (TPSA) is 89.5 Å². The van der Waals surface area contributed by atoms with Gasteiger partial charge in [-0.2, -0.15) is 13.2 Å². The fourth-order valence-electron chi connectivity index (χ4n) is 4.02. The lowest BCUT2D eigenvalue weighted by Gasteiger charge is -2.25. The number of fused-ring (bicyclic) bond motifs is 2. The van der Waals surface area contributed by atoms with E-state index in [0.717, 1.165) is 13.0 Å². The third-order valence-electron chi connectivity index (χ3n) is 5.65. The van der Waals surface area contributed by atoms with Crippen LogP contribution in [0.2, 0.25) is 0 Å². The molecule has 0 saturated carbocycles. The van der Waals surface area contributed by atoms with Gasteiger partial charge < -0.3 is 28.4 Å². The van der Waals surface area contributed by atoms with E-state index in [0.29, 0.717) is 11.8 Å². The van der Waals surface area contributed by atoms with E-state index in [9.17, 15) is 22.8 Å². The van der Waals surface area contributed by atoms with Crippen LogP contribution in [0.5, 0.6) is 11.5 Å². The third-order valence-corrected chi connectivity index (χ3v) is 5.65. The number of halogens is 3. The Hall–Kier alpha value is -2.89. The molecule has 11 heteroatoms. The summed E-state index contributed by atoms with van der Waals surface area (Å²) in [5.74, 6) is -4.74. The van der Waals surface area contributed by atoms with Crippen molar-refractivity contribution in [3.8, 4) is 11.5 Å². The van der Waals surface area contributed by atoms with E-state index in [4.69, 9.17) is 28.4 Å². The molecule has 2 aliphatic heterocycles. The first-order chi connectivity index (χ1) is 16.9. The molecule has 0 N–H and O–H groups in total. The number of ether oxygens (including phenoxy) is 6. The summed E-state index contributed by atoms with van der Waals surface area (Å²) in [6.45, 7) is 4.10. The lowest BCUT2D eigenvalue weighted by Crippen LogP contribution is -2.35. The van der Waals surface area contributed by atoms with Crippen molar-refractivity contribution in [1.29, 1.82) is 0 Å². The summed E-state index contributed by atoms with van der Waals surface area (Å²) in [6, 6.07) is 2.93. The average molecular weight is 514 g/mol. The number of ketones is 1. The first-order valence-corrected chi connectivity index (χ1v) is 11.2. The first kappa shape index (κ1) is 27.7. The maximum atomic E-state index is 13.9. The molecule has 0 aromatic heterocycles. The summed E-state index contributed by atoms with van der Waals surface area (Å²) >= 11 is 0. The highest BCUT2D eigenvalue weighted by molar-refractivity contribution is 5.97. The zero-order valence-corrected chi connectivity index (χ0v) is 20.6. The Morgan fingerprint density at radius 3 is 2.47 bits per heavy atom. The minimum atomic E-state index is -4.79. The molecule has 1 aromatic carbocycles. The van der Waals surface area contributed by atoms with Crippen LogP contribution < -0.4 is 9.47 Å². The van der Waals surface area contributed by atoms with Crippen LogP contribution in [0.1, 0.15) is 43.1 Å². The third kappa shape index (κ3) is 6.45. The van der Waals surface area contributed by atoms with Crippen molar-refractivity contribution in [1.82, 2.24) is 0 Å². The fraction of sp³-hybridized carbons (Fsp3) is 0.520. The Kier molecular flexibility index (Phi) is 8.48. The molecule has 1 fully saturated rings. The van der Waals surface area contributed by atoms with Gasteiger partial charge in [0.25, 0.3) is 0 Å². The quantitative estimate of drug-likeness (QED) is 0.430. The Balaban J connectivity index is 2.14. The molecule has 2 aliphatic rings. The molecular weight excluding hydrogens is 485 g/mol. The van der Waals surface area contributed by atoms with Crippen molar-refractivity contribution < 1.29 is 51.2 Å². The number of rotatable bonds is 4. The molecule has 36 heavy (non-hydrogen) atoms. The smallest absolute Gasteiger partial charge is 0.398 e. The van der Waals surface area contributed by atoms with Crippen LogP contribution in [-0.2, 0) is 23.7 Å². The van der Waals surface area contributed by atoms with E-state index in [2.05, 4.69) is 0 Å². The summed E-state index contributed by atoms with van der Waals surface area (Å²) in [5, 5.41) is 0. The van der Waals surface area contributed by atoms with Gasteiger partial charge in [-0.25, -0.2) is 4.79 Å². The van der Waals surface area contributed by atoms with Gasteiger partial charge in [0.2, 0.25) is 0 Å². The number of cyclic esters (lactones) is 1. The first-order valence-electron chi connectivity index (χ1n) is 11.2. The normalized spacial score (nSPS) is 27.4. The molecular formula is C25H29F3O8. The Labute approximate surface area is 206 Å². The summed E-state index contributed by atoms with van der Waals surface area (Å²) in [4.78, 5) is 25.9. The molecule has 2 unspecified atom stereocenters. The van der Waals surface area contributed by atoms with Gasteiger partial charge in [-0.1, -0.05) is 18.2 Å². The van der Waals surface area contributed by atoms with Gasteiger partial charge in [0.05, 0.1) is 13.2 Å². The number of methoxy groups -OCH3 is 2. The van der Waals surface area contributed by atoms with Gasteiger partial charge in [0, 0.05) is 13.2 Å². The van der Waals surface area contributed by atoms with Crippen molar-refractivity contribution >= 4 is 17.8 Å². The maximum absolute atomic E-state index is 13.9. The molecule has 0 spiro atoms. The van der Waals surface area contributed by atoms with Crippen molar-refractivity contribution in [3.05, 3.63) is 41.5 Å². The van der Waals surface area contributed by atoms with Crippen LogP contribution in [-0.4, -0.2) is 63.0 Å². The lowest BCUT2D eigenvalue weighted by molar-refractivity contribution is -0.182. The van der Waals surface area contributed by atoms with Gasteiger partial charge in [-0.3, -0.25) is 4.79 Å². The number of esters is 1. The predicted octanol–water partition coefficient (Wildman–Crippen LogP) is 4.46. The molecule has 4 atom stereocenters. The van der Waals surface area contributed by atoms with Crippen LogP contribution in [0.25, 0.3) is 6.08 Å². The number of alkyl halides is 3. The highest BCUT2D eigenvalue weighted by Gasteiger charge is 2.46. The second-order valence-electron chi connectivity index (χ2n) is 8.81. The zero-order valence-electron chi connectivity index (χ0n) is 20.6. The van der Waals surface area contributed by atoms with E-state index < -0.39 is 47.9 Å². The van der Waals surface area contributed by atoms with Crippen LogP contribution in [0.15, 0.2) is 30.4 Å². The van der Waals surface area contributed by atoms with Crippen molar-refractivity contribution in [2.45, 2.75) is 57.5 Å². The number of hydrogen-bond donors (Lipinski definition) is 0. The zero-order chi connectivity index (χ0) is 26.7. The second kappa shape index (κ2) is 11.0. The van der Waals surface area contributed by atoms with E-state index in [1.54, 1.807) is 26.0 Å². The van der Waals surface area contributed by atoms with Crippen LogP contribution in [0, 0.1) is 5.92 Å². The Bertz CT molecular complexity index is 1030. The average Bonchev–Trinajstić information content (AvgIpc) is 3.10. The summed E-state index contributed by atoms with van der Waals surface area (Å²) < 4.78 is 74.1. The monoisotopic (exact) mass is 514 g/mol. The highest BCUT2D eigenvalue weighted by atomic mass is 19.4. The van der Waals surface area contributed by atoms with Crippen molar-refractivity contribution in [3.63, 3.8) is 0 Å². The lowest BCUT2D eigenvalue weighted by atomic mass is 9.98. The van der Waals surface area contributed by atoms with Gasteiger partial charge in [-0.05, 0) is 44.9 Å². The summed E-state index contributed by atoms with van der Waals surface area (Å²) in [7, 11) is 2.79. The molecule has 1 aromatic rings. The van der Waals surface area contributed by atoms with E-state index in [1.165, 1.54) is 26.4 Å². The van der Waals surface area contributed by atoms with E-state index in [-0.39, 0.29) is 30.1 Å². The molecule has 3 rings (SSSR count). The van der Waals surface area contributed by atoms with Crippen LogP contribution >= 0.6 is 0 Å². The molecule has 0 radical (unpaired) electrons. The molecule has 8 nitrogen and oxygen atoms in total. The molecule has 2 heterocycles. The number of hydrogen-bond acceptors (Lipinski definition) is 8. The largest absolute Gasteiger partial charge is 0.497 e. The van der Waals surface area contributed by atoms with Gasteiger partial charge >= 0.3 is 12.1 Å². The van der Waals surface area contributed by atoms with E-state index in [1.807, 2.05) is 0 Å². The molecule has 0 amide bonds. The van der Waals surface area contributed by atoms with E-state index >= 15 is 0 Å². The van der Waals surface area contributed by atoms with Gasteiger partial charge in [0.1, 0.15) is 35.2 Å². The Morgan fingerprint density at radius 1 is 1.11 bits per heavy atom. The predicted molar refractivity (Wildman–Crippen MR) is 122 cm³/mol. The summed E-state index contributed by atoms with van der Waals surface area (Å²) in [6.07, 6.45) is -3.43. The fourth-order valence-corrected chi connectivity index (χ4v) is 4.02.